The second kappa shape index (κ2) is 7.61. The lowest BCUT2D eigenvalue weighted by Gasteiger charge is -2.29. The molecular weight excluding hydrogens is 334 g/mol. The van der Waals surface area contributed by atoms with Gasteiger partial charge in [0.1, 0.15) is 11.9 Å². The monoisotopic (exact) mass is 355 g/mol. The number of benzene rings is 2. The summed E-state index contributed by atoms with van der Waals surface area (Å²) < 4.78 is 5.49. The Morgan fingerprint density at radius 3 is 2.33 bits per heavy atom. The second-order valence-corrected chi connectivity index (χ2v) is 6.69. The summed E-state index contributed by atoms with van der Waals surface area (Å²) in [5, 5.41) is 9.95. The van der Waals surface area contributed by atoms with Gasteiger partial charge in [0.25, 0.3) is 0 Å². The molecule has 1 aliphatic rings. The van der Waals surface area contributed by atoms with E-state index in [9.17, 15) is 5.26 Å². The topological polar surface area (TPSA) is 49.2 Å². The Kier molecular flexibility index (Phi) is 4.86. The van der Waals surface area contributed by atoms with Crippen molar-refractivity contribution in [2.75, 3.05) is 31.2 Å². The average molecular weight is 355 g/mol. The molecule has 1 saturated heterocycles. The number of aryl methyl sites for hydroxylation is 1. The minimum atomic E-state index is 0.613. The first-order valence-corrected chi connectivity index (χ1v) is 9.16. The van der Waals surface area contributed by atoms with Crippen molar-refractivity contribution < 1.29 is 4.74 Å². The summed E-state index contributed by atoms with van der Waals surface area (Å²) in [6.07, 6.45) is 0. The maximum absolute atomic E-state index is 9.95. The SMILES string of the molecule is Cc1ccc(-c2nc(N3CCOCC3)cc(-c3ccccc3)c2C#N)cc1. The molecule has 0 amide bonds. The van der Waals surface area contributed by atoms with Gasteiger partial charge in [-0.05, 0) is 18.6 Å². The number of nitrogens with zero attached hydrogens (tertiary/aromatic N) is 3. The van der Waals surface area contributed by atoms with Crippen LogP contribution in [0.25, 0.3) is 22.4 Å². The van der Waals surface area contributed by atoms with Crippen molar-refractivity contribution in [2.45, 2.75) is 6.92 Å². The summed E-state index contributed by atoms with van der Waals surface area (Å²) in [5.74, 6) is 0.895. The van der Waals surface area contributed by atoms with Gasteiger partial charge in [-0.15, -0.1) is 0 Å². The van der Waals surface area contributed by atoms with Crippen LogP contribution < -0.4 is 4.90 Å². The second-order valence-electron chi connectivity index (χ2n) is 6.69. The number of ether oxygens (including phenoxy) is 1. The van der Waals surface area contributed by atoms with Crippen LogP contribution in [0.4, 0.5) is 5.82 Å². The Hall–Kier alpha value is -3.16. The van der Waals surface area contributed by atoms with Gasteiger partial charge in [-0.3, -0.25) is 0 Å². The van der Waals surface area contributed by atoms with Crippen molar-refractivity contribution >= 4 is 5.82 Å². The zero-order valence-corrected chi connectivity index (χ0v) is 15.4. The average Bonchev–Trinajstić information content (AvgIpc) is 2.74. The molecule has 1 aromatic heterocycles. The Labute approximate surface area is 159 Å². The standard InChI is InChI=1S/C23H21N3O/c1-17-7-9-19(10-8-17)23-21(16-24)20(18-5-3-2-4-6-18)15-22(25-23)26-11-13-27-14-12-26/h2-10,15H,11-14H2,1H3. The van der Waals surface area contributed by atoms with Crippen LogP contribution in [-0.4, -0.2) is 31.3 Å². The van der Waals surface area contributed by atoms with E-state index in [1.54, 1.807) is 0 Å². The molecule has 1 aliphatic heterocycles. The van der Waals surface area contributed by atoms with E-state index in [2.05, 4.69) is 30.0 Å². The number of hydrogen-bond acceptors (Lipinski definition) is 4. The molecule has 0 saturated carbocycles. The number of morpholine rings is 1. The van der Waals surface area contributed by atoms with Crippen LogP contribution >= 0.6 is 0 Å². The third-order valence-corrected chi connectivity index (χ3v) is 4.86. The number of rotatable bonds is 3. The number of aromatic nitrogens is 1. The third kappa shape index (κ3) is 3.55. The zero-order chi connectivity index (χ0) is 18.6. The van der Waals surface area contributed by atoms with E-state index in [4.69, 9.17) is 9.72 Å². The van der Waals surface area contributed by atoms with Crippen LogP contribution in [0.5, 0.6) is 0 Å². The normalized spacial score (nSPS) is 14.0. The predicted octanol–water partition coefficient (Wildman–Crippen LogP) is 4.43. The molecule has 4 rings (SSSR count). The van der Waals surface area contributed by atoms with E-state index in [-0.39, 0.29) is 0 Å². The van der Waals surface area contributed by atoms with E-state index < -0.39 is 0 Å². The first-order chi connectivity index (χ1) is 13.3. The van der Waals surface area contributed by atoms with Gasteiger partial charge in [-0.2, -0.15) is 5.26 Å². The Balaban J connectivity index is 1.93. The first-order valence-electron chi connectivity index (χ1n) is 9.16. The summed E-state index contributed by atoms with van der Waals surface area (Å²) in [5.41, 5.74) is 5.45. The molecule has 0 spiro atoms. The molecule has 0 radical (unpaired) electrons. The van der Waals surface area contributed by atoms with Gasteiger partial charge in [0, 0.05) is 24.2 Å². The van der Waals surface area contributed by atoms with Crippen LogP contribution in [0.2, 0.25) is 0 Å². The van der Waals surface area contributed by atoms with E-state index in [0.717, 1.165) is 41.3 Å². The summed E-state index contributed by atoms with van der Waals surface area (Å²) >= 11 is 0. The number of pyridine rings is 1. The van der Waals surface area contributed by atoms with E-state index in [0.29, 0.717) is 18.8 Å². The lowest BCUT2D eigenvalue weighted by atomic mass is 9.96. The van der Waals surface area contributed by atoms with Crippen molar-refractivity contribution in [3.63, 3.8) is 0 Å². The number of nitriles is 1. The lowest BCUT2D eigenvalue weighted by Crippen LogP contribution is -2.36. The van der Waals surface area contributed by atoms with Crippen molar-refractivity contribution in [1.82, 2.24) is 4.98 Å². The van der Waals surface area contributed by atoms with Gasteiger partial charge in [0.05, 0.1) is 24.5 Å². The van der Waals surface area contributed by atoms with Gasteiger partial charge in [0.15, 0.2) is 0 Å². The predicted molar refractivity (Wildman–Crippen MR) is 108 cm³/mol. The molecule has 0 bridgehead atoms. The van der Waals surface area contributed by atoms with Crippen molar-refractivity contribution in [2.24, 2.45) is 0 Å². The Morgan fingerprint density at radius 2 is 1.67 bits per heavy atom. The lowest BCUT2D eigenvalue weighted by molar-refractivity contribution is 0.122. The van der Waals surface area contributed by atoms with Crippen LogP contribution in [0, 0.1) is 18.3 Å². The van der Waals surface area contributed by atoms with Gasteiger partial charge >= 0.3 is 0 Å². The molecule has 3 aromatic rings. The molecule has 4 nitrogen and oxygen atoms in total. The largest absolute Gasteiger partial charge is 0.378 e. The summed E-state index contributed by atoms with van der Waals surface area (Å²) in [6, 6.07) is 22.7. The highest BCUT2D eigenvalue weighted by molar-refractivity contribution is 5.82. The van der Waals surface area contributed by atoms with Gasteiger partial charge < -0.3 is 9.64 Å². The van der Waals surface area contributed by atoms with Crippen molar-refractivity contribution in [1.29, 1.82) is 5.26 Å². The Bertz CT molecular complexity index is 969. The van der Waals surface area contributed by atoms with Crippen molar-refractivity contribution in [3.8, 4) is 28.5 Å². The molecular formula is C23H21N3O. The van der Waals surface area contributed by atoms with E-state index in [1.165, 1.54) is 5.56 Å². The highest BCUT2D eigenvalue weighted by atomic mass is 16.5. The van der Waals surface area contributed by atoms with Gasteiger partial charge in [0.2, 0.25) is 0 Å². The molecule has 2 aromatic carbocycles. The van der Waals surface area contributed by atoms with Gasteiger partial charge in [-0.25, -0.2) is 4.98 Å². The molecule has 2 heterocycles. The summed E-state index contributed by atoms with van der Waals surface area (Å²) in [7, 11) is 0. The maximum atomic E-state index is 9.95. The molecule has 134 valence electrons. The molecule has 0 unspecified atom stereocenters. The van der Waals surface area contributed by atoms with Crippen molar-refractivity contribution in [3.05, 3.63) is 71.8 Å². The quantitative estimate of drug-likeness (QED) is 0.697. The summed E-state index contributed by atoms with van der Waals surface area (Å²) in [4.78, 5) is 7.13. The summed E-state index contributed by atoms with van der Waals surface area (Å²) in [6.45, 7) is 5.06. The fourth-order valence-electron chi connectivity index (χ4n) is 3.36. The van der Waals surface area contributed by atoms with Crippen LogP contribution in [0.15, 0.2) is 60.7 Å². The third-order valence-electron chi connectivity index (χ3n) is 4.86. The smallest absolute Gasteiger partial charge is 0.130 e. The van der Waals surface area contributed by atoms with Crippen LogP contribution in [0.3, 0.4) is 0 Å². The first kappa shape index (κ1) is 17.3. The fourth-order valence-corrected chi connectivity index (χ4v) is 3.36. The van der Waals surface area contributed by atoms with E-state index in [1.807, 2.05) is 48.5 Å². The van der Waals surface area contributed by atoms with E-state index >= 15 is 0 Å². The van der Waals surface area contributed by atoms with Gasteiger partial charge in [-0.1, -0.05) is 60.2 Å². The fraction of sp³-hybridized carbons (Fsp3) is 0.217. The molecule has 27 heavy (non-hydrogen) atoms. The molecule has 4 heteroatoms. The number of hydrogen-bond donors (Lipinski definition) is 0. The minimum Gasteiger partial charge on any atom is -0.378 e. The minimum absolute atomic E-state index is 0.613. The Morgan fingerprint density at radius 1 is 0.963 bits per heavy atom. The molecule has 0 aliphatic carbocycles. The highest BCUT2D eigenvalue weighted by Crippen LogP contribution is 2.34. The maximum Gasteiger partial charge on any atom is 0.130 e. The van der Waals surface area contributed by atoms with Crippen LogP contribution in [-0.2, 0) is 4.74 Å². The number of anilines is 1. The molecule has 0 N–H and O–H groups in total. The van der Waals surface area contributed by atoms with Crippen LogP contribution in [0.1, 0.15) is 11.1 Å². The molecule has 1 fully saturated rings. The zero-order valence-electron chi connectivity index (χ0n) is 15.4. The highest BCUT2D eigenvalue weighted by Gasteiger charge is 2.20. The molecule has 0 atom stereocenters.